The Morgan fingerprint density at radius 3 is 2.24 bits per heavy atom. The van der Waals surface area contributed by atoms with Crippen molar-refractivity contribution in [3.63, 3.8) is 0 Å². The molecular weight excluding hydrogens is 422 g/mol. The maximum Gasteiger partial charge on any atom is 0.145 e. The lowest BCUT2D eigenvalue weighted by atomic mass is 10.1. The molecule has 0 aliphatic rings. The van der Waals surface area contributed by atoms with E-state index in [0.717, 1.165) is 16.6 Å². The molecule has 3 heterocycles. The summed E-state index contributed by atoms with van der Waals surface area (Å²) in [6.45, 7) is 0. The third-order valence-corrected chi connectivity index (χ3v) is 8.01. The van der Waals surface area contributed by atoms with Gasteiger partial charge in [-0.1, -0.05) is 66.7 Å². The molecule has 0 N–H and O–H groups in total. The first-order chi connectivity index (χ1) is 16.4. The summed E-state index contributed by atoms with van der Waals surface area (Å²) in [5.74, 6) is 0. The van der Waals surface area contributed by atoms with E-state index in [4.69, 9.17) is 4.42 Å². The van der Waals surface area contributed by atoms with Crippen LogP contribution in [-0.2, 0) is 0 Å². The molecule has 0 spiro atoms. The number of furan rings is 1. The molecule has 154 valence electrons. The first-order valence-electron chi connectivity index (χ1n) is 11.1. The summed E-state index contributed by atoms with van der Waals surface area (Å²) in [7, 11) is 0. The van der Waals surface area contributed by atoms with Crippen molar-refractivity contribution in [2.75, 3.05) is 0 Å². The Balaban J connectivity index is 1.59. The highest BCUT2D eigenvalue weighted by Gasteiger charge is 2.20. The molecule has 0 saturated carbocycles. The normalized spacial score (nSPS) is 12.2. The fourth-order valence-electron chi connectivity index (χ4n) is 5.40. The van der Waals surface area contributed by atoms with Crippen LogP contribution in [0.5, 0.6) is 0 Å². The van der Waals surface area contributed by atoms with Gasteiger partial charge in [-0.2, -0.15) is 0 Å². The number of benzene rings is 5. The average molecular weight is 440 g/mol. The Bertz CT molecular complexity index is 2040. The van der Waals surface area contributed by atoms with Gasteiger partial charge in [-0.15, -0.1) is 11.3 Å². The molecule has 8 aromatic rings. The molecule has 3 aromatic heterocycles. The molecule has 0 fully saturated rings. The number of fused-ring (bicyclic) bond motifs is 10. The summed E-state index contributed by atoms with van der Waals surface area (Å²) in [5, 5.41) is 7.36. The molecule has 0 aliphatic heterocycles. The summed E-state index contributed by atoms with van der Waals surface area (Å²) in [6.07, 6.45) is 0. The summed E-state index contributed by atoms with van der Waals surface area (Å²) >= 11 is 1.87. The van der Waals surface area contributed by atoms with Crippen LogP contribution in [0, 0.1) is 0 Å². The fraction of sp³-hybridized carbons (Fsp3) is 0. The highest BCUT2D eigenvalue weighted by Crippen LogP contribution is 2.43. The molecule has 0 saturated heterocycles. The van der Waals surface area contributed by atoms with Crippen molar-refractivity contribution in [2.24, 2.45) is 0 Å². The molecule has 0 aliphatic carbocycles. The van der Waals surface area contributed by atoms with E-state index in [9.17, 15) is 0 Å². The maximum atomic E-state index is 6.45. The zero-order valence-corrected chi connectivity index (χ0v) is 18.4. The van der Waals surface area contributed by atoms with Crippen LogP contribution in [0.2, 0.25) is 0 Å². The SMILES string of the molecule is c1ccc2c(c1)oc1c2ccc2c1c1ccccc1n2-c1cccc2c1sc1ccccc12. The second kappa shape index (κ2) is 6.25. The van der Waals surface area contributed by atoms with Gasteiger partial charge < -0.3 is 8.98 Å². The Hall–Kier alpha value is -4.08. The second-order valence-corrected chi connectivity index (χ2v) is 9.59. The number of thiophene rings is 1. The Labute approximate surface area is 192 Å². The summed E-state index contributed by atoms with van der Waals surface area (Å²) < 4.78 is 11.5. The van der Waals surface area contributed by atoms with Gasteiger partial charge in [0.15, 0.2) is 0 Å². The van der Waals surface area contributed by atoms with Crippen molar-refractivity contribution in [1.82, 2.24) is 4.57 Å². The standard InChI is InChI=1S/C30H17NOS/c1-4-12-23-22(10-1)28-24(17-16-20-18-8-2-5-14-26(18)32-29(20)28)31(23)25-13-7-11-21-19-9-3-6-15-27(19)33-30(21)25/h1-17H. The van der Waals surface area contributed by atoms with E-state index >= 15 is 0 Å². The lowest BCUT2D eigenvalue weighted by molar-refractivity contribution is 0.673. The minimum atomic E-state index is 0.934. The highest BCUT2D eigenvalue weighted by molar-refractivity contribution is 7.26. The summed E-state index contributed by atoms with van der Waals surface area (Å²) in [5.41, 5.74) is 5.49. The quantitative estimate of drug-likeness (QED) is 0.249. The smallest absolute Gasteiger partial charge is 0.145 e. The molecule has 3 heteroatoms. The van der Waals surface area contributed by atoms with Crippen molar-refractivity contribution in [3.8, 4) is 5.69 Å². The van der Waals surface area contributed by atoms with Gasteiger partial charge >= 0.3 is 0 Å². The first-order valence-corrected chi connectivity index (χ1v) is 11.9. The van der Waals surface area contributed by atoms with E-state index in [2.05, 4.69) is 102 Å². The van der Waals surface area contributed by atoms with Crippen LogP contribution in [0.15, 0.2) is 108 Å². The molecule has 0 atom stereocenters. The van der Waals surface area contributed by atoms with Gasteiger partial charge in [0.2, 0.25) is 0 Å². The third-order valence-electron chi connectivity index (χ3n) is 6.80. The maximum absolute atomic E-state index is 6.45. The number of para-hydroxylation sites is 2. The minimum absolute atomic E-state index is 0.934. The average Bonchev–Trinajstić information content (AvgIpc) is 3.53. The number of rotatable bonds is 1. The summed E-state index contributed by atoms with van der Waals surface area (Å²) in [6, 6.07) is 36.8. The van der Waals surface area contributed by atoms with E-state index in [0.29, 0.717) is 0 Å². The van der Waals surface area contributed by atoms with Gasteiger partial charge in [0.1, 0.15) is 11.2 Å². The van der Waals surface area contributed by atoms with Gasteiger partial charge in [-0.05, 0) is 36.4 Å². The van der Waals surface area contributed by atoms with E-state index in [1.807, 2.05) is 17.4 Å². The lowest BCUT2D eigenvalue weighted by Gasteiger charge is -2.09. The van der Waals surface area contributed by atoms with Crippen molar-refractivity contribution in [2.45, 2.75) is 0 Å². The zero-order chi connectivity index (χ0) is 21.5. The van der Waals surface area contributed by atoms with Crippen molar-refractivity contribution in [1.29, 1.82) is 0 Å². The van der Waals surface area contributed by atoms with Crippen LogP contribution in [0.25, 0.3) is 69.6 Å². The largest absolute Gasteiger partial charge is 0.455 e. The Morgan fingerprint density at radius 2 is 1.30 bits per heavy atom. The molecule has 2 nitrogen and oxygen atoms in total. The molecule has 0 bridgehead atoms. The minimum Gasteiger partial charge on any atom is -0.455 e. The van der Waals surface area contributed by atoms with Crippen molar-refractivity contribution < 1.29 is 4.42 Å². The van der Waals surface area contributed by atoms with E-state index in [-0.39, 0.29) is 0 Å². The van der Waals surface area contributed by atoms with Crippen LogP contribution >= 0.6 is 11.3 Å². The number of nitrogens with zero attached hydrogens (tertiary/aromatic N) is 1. The van der Waals surface area contributed by atoms with Crippen molar-refractivity contribution in [3.05, 3.63) is 103 Å². The van der Waals surface area contributed by atoms with Crippen LogP contribution in [0.1, 0.15) is 0 Å². The Morgan fingerprint density at radius 1 is 0.545 bits per heavy atom. The van der Waals surface area contributed by atoms with Gasteiger partial charge in [0.05, 0.1) is 26.8 Å². The molecule has 5 aromatic carbocycles. The molecular formula is C30H17NOS. The number of aromatic nitrogens is 1. The number of hydrogen-bond acceptors (Lipinski definition) is 2. The third kappa shape index (κ3) is 2.22. The van der Waals surface area contributed by atoms with Crippen molar-refractivity contribution >= 4 is 75.3 Å². The van der Waals surface area contributed by atoms with E-state index < -0.39 is 0 Å². The molecule has 0 unspecified atom stereocenters. The van der Waals surface area contributed by atoms with Gasteiger partial charge in [-0.25, -0.2) is 0 Å². The van der Waals surface area contributed by atoms with Gasteiger partial charge in [0, 0.05) is 31.6 Å². The van der Waals surface area contributed by atoms with Crippen LogP contribution < -0.4 is 0 Å². The molecule has 8 rings (SSSR count). The van der Waals surface area contributed by atoms with Crippen LogP contribution in [-0.4, -0.2) is 4.57 Å². The highest BCUT2D eigenvalue weighted by atomic mass is 32.1. The lowest BCUT2D eigenvalue weighted by Crippen LogP contribution is -1.93. The van der Waals surface area contributed by atoms with Crippen LogP contribution in [0.4, 0.5) is 0 Å². The first kappa shape index (κ1) is 17.5. The molecule has 0 radical (unpaired) electrons. The number of hydrogen-bond donors (Lipinski definition) is 0. The van der Waals surface area contributed by atoms with Crippen LogP contribution in [0.3, 0.4) is 0 Å². The van der Waals surface area contributed by atoms with E-state index in [1.165, 1.54) is 53.1 Å². The predicted octanol–water partition coefficient (Wildman–Crippen LogP) is 9.05. The zero-order valence-electron chi connectivity index (χ0n) is 17.6. The second-order valence-electron chi connectivity index (χ2n) is 8.54. The van der Waals surface area contributed by atoms with Gasteiger partial charge in [0.25, 0.3) is 0 Å². The van der Waals surface area contributed by atoms with E-state index in [1.54, 1.807) is 0 Å². The van der Waals surface area contributed by atoms with Gasteiger partial charge in [-0.3, -0.25) is 0 Å². The molecule has 33 heavy (non-hydrogen) atoms. The monoisotopic (exact) mass is 439 g/mol. The fourth-order valence-corrected chi connectivity index (χ4v) is 6.61. The summed E-state index contributed by atoms with van der Waals surface area (Å²) in [4.78, 5) is 0. The topological polar surface area (TPSA) is 18.1 Å². The molecule has 0 amide bonds. The Kier molecular flexibility index (Phi) is 3.31. The predicted molar refractivity (Wildman–Crippen MR) is 141 cm³/mol.